The molecule has 140 valence electrons. The number of rotatable bonds is 7. The van der Waals surface area contributed by atoms with Crippen LogP contribution in [-0.2, 0) is 26.1 Å². The van der Waals surface area contributed by atoms with Gasteiger partial charge in [0, 0.05) is 17.7 Å². The Balaban J connectivity index is 3.54. The molecule has 7 nitrogen and oxygen atoms in total. The molecular formula is C16H23FN2O5S. The summed E-state index contributed by atoms with van der Waals surface area (Å²) >= 11 is 0. The Hall–Kier alpha value is -1.87. The number of benzene rings is 1. The molecule has 25 heavy (non-hydrogen) atoms. The number of halogens is 1. The maximum atomic E-state index is 14.5. The van der Waals surface area contributed by atoms with Crippen LogP contribution in [0, 0.1) is 15.9 Å². The highest BCUT2D eigenvalue weighted by Crippen LogP contribution is 2.35. The first kappa shape index (κ1) is 21.2. The lowest BCUT2D eigenvalue weighted by atomic mass is 9.84. The van der Waals surface area contributed by atoms with E-state index in [1.165, 1.54) is 7.11 Å². The van der Waals surface area contributed by atoms with Gasteiger partial charge in [-0.3, -0.25) is 14.9 Å². The molecule has 2 atom stereocenters. The van der Waals surface area contributed by atoms with E-state index in [1.54, 1.807) is 27.7 Å². The number of methoxy groups -OCH3 is 1. The first-order valence-corrected chi connectivity index (χ1v) is 8.82. The van der Waals surface area contributed by atoms with Crippen molar-refractivity contribution in [1.82, 2.24) is 4.72 Å². The highest BCUT2D eigenvalue weighted by atomic mass is 32.2. The third kappa shape index (κ3) is 5.05. The van der Waals surface area contributed by atoms with Gasteiger partial charge in [-0.15, -0.1) is 0 Å². The van der Waals surface area contributed by atoms with Crippen LogP contribution >= 0.6 is 0 Å². The summed E-state index contributed by atoms with van der Waals surface area (Å²) in [6.07, 6.45) is -0.151. The fourth-order valence-corrected chi connectivity index (χ4v) is 3.20. The number of hydrogen-bond donors (Lipinski definition) is 1. The average molecular weight is 374 g/mol. The molecule has 0 aliphatic heterocycles. The van der Waals surface area contributed by atoms with Crippen molar-refractivity contribution in [3.63, 3.8) is 0 Å². The Morgan fingerprint density at radius 3 is 2.44 bits per heavy atom. The summed E-state index contributed by atoms with van der Waals surface area (Å²) in [5, 5.41) is 11.1. The molecule has 1 aromatic rings. The summed E-state index contributed by atoms with van der Waals surface area (Å²) in [7, 11) is -0.458. The van der Waals surface area contributed by atoms with Gasteiger partial charge in [0.25, 0.3) is 5.69 Å². The van der Waals surface area contributed by atoms with Gasteiger partial charge in [-0.1, -0.05) is 6.92 Å². The predicted molar refractivity (Wildman–Crippen MR) is 92.7 cm³/mol. The number of nitrogens with one attached hydrogen (secondary N) is 1. The van der Waals surface area contributed by atoms with Gasteiger partial charge in [0.1, 0.15) is 5.82 Å². The van der Waals surface area contributed by atoms with Gasteiger partial charge in [0.15, 0.2) is 0 Å². The summed E-state index contributed by atoms with van der Waals surface area (Å²) in [6.45, 7) is 6.84. The number of hydrogen-bond acceptors (Lipinski definition) is 5. The van der Waals surface area contributed by atoms with Crippen LogP contribution in [0.2, 0.25) is 0 Å². The number of non-ortho nitro benzene ring substituents is 1. The van der Waals surface area contributed by atoms with Crippen LogP contribution in [0.3, 0.4) is 0 Å². The van der Waals surface area contributed by atoms with Gasteiger partial charge in [0.2, 0.25) is 0 Å². The van der Waals surface area contributed by atoms with Gasteiger partial charge in [0.05, 0.1) is 39.7 Å². The zero-order valence-corrected chi connectivity index (χ0v) is 15.7. The van der Waals surface area contributed by atoms with E-state index in [1.807, 2.05) is 0 Å². The predicted octanol–water partition coefficient (Wildman–Crippen LogP) is 2.95. The molecule has 0 radical (unpaired) electrons. The number of nitro groups is 1. The maximum absolute atomic E-state index is 14.5. The Morgan fingerprint density at radius 1 is 1.40 bits per heavy atom. The summed E-state index contributed by atoms with van der Waals surface area (Å²) in [5.74, 6) is -1.37. The Morgan fingerprint density at radius 2 is 2.00 bits per heavy atom. The van der Waals surface area contributed by atoms with Crippen molar-refractivity contribution in [3.8, 4) is 0 Å². The smallest absolute Gasteiger partial charge is 0.307 e. The van der Waals surface area contributed by atoms with Crippen molar-refractivity contribution in [2.45, 2.75) is 50.8 Å². The number of esters is 1. The third-order valence-corrected chi connectivity index (χ3v) is 5.49. The van der Waals surface area contributed by atoms with Crippen LogP contribution in [-0.4, -0.2) is 27.0 Å². The normalized spacial score (nSPS) is 15.3. The molecule has 0 bridgehead atoms. The van der Waals surface area contributed by atoms with Crippen LogP contribution in [0.4, 0.5) is 10.1 Å². The topological polar surface area (TPSA) is 98.5 Å². The zero-order chi connectivity index (χ0) is 19.4. The fourth-order valence-electron chi connectivity index (χ4n) is 2.22. The van der Waals surface area contributed by atoms with Crippen LogP contribution in [0.25, 0.3) is 0 Å². The highest BCUT2D eigenvalue weighted by Gasteiger charge is 2.40. The molecule has 0 saturated heterocycles. The number of ether oxygens (including phenoxy) is 1. The second kappa shape index (κ2) is 8.01. The lowest BCUT2D eigenvalue weighted by molar-refractivity contribution is -0.385. The standard InChI is InChI=1S/C16H23FN2O5S/c1-6-16(10-14(20)24-5,18-25(23)15(2,3)4)12-9-11(19(21)22)7-8-13(12)17/h7-9,18H,6,10H2,1-5H3. The van der Waals surface area contributed by atoms with Gasteiger partial charge >= 0.3 is 5.97 Å². The Labute approximate surface area is 148 Å². The maximum Gasteiger partial charge on any atom is 0.307 e. The molecule has 1 aromatic carbocycles. The summed E-state index contributed by atoms with van der Waals surface area (Å²) in [4.78, 5) is 22.3. The van der Waals surface area contributed by atoms with Crippen molar-refractivity contribution >= 4 is 22.6 Å². The Kier molecular flexibility index (Phi) is 6.78. The molecule has 9 heteroatoms. The number of carbonyl (C=O) groups is 1. The minimum atomic E-state index is -1.65. The molecule has 0 aromatic heterocycles. The SMILES string of the molecule is CCC(CC(=O)OC)(NS(=O)C(C)(C)C)c1cc([N+](=O)[O-])ccc1F. The van der Waals surface area contributed by atoms with Gasteiger partial charge < -0.3 is 4.74 Å². The average Bonchev–Trinajstić information content (AvgIpc) is 2.53. The molecule has 0 heterocycles. The lowest BCUT2D eigenvalue weighted by Crippen LogP contribution is -2.49. The molecule has 0 spiro atoms. The van der Waals surface area contributed by atoms with E-state index in [0.29, 0.717) is 0 Å². The van der Waals surface area contributed by atoms with Crippen molar-refractivity contribution in [3.05, 3.63) is 39.7 Å². The quantitative estimate of drug-likeness (QED) is 0.449. The van der Waals surface area contributed by atoms with E-state index in [2.05, 4.69) is 9.46 Å². The van der Waals surface area contributed by atoms with E-state index in [0.717, 1.165) is 18.2 Å². The minimum Gasteiger partial charge on any atom is -0.469 e. The van der Waals surface area contributed by atoms with Crippen molar-refractivity contribution < 1.29 is 23.1 Å². The van der Waals surface area contributed by atoms with Gasteiger partial charge in [-0.05, 0) is 33.3 Å². The van der Waals surface area contributed by atoms with Crippen LogP contribution in [0.5, 0.6) is 0 Å². The van der Waals surface area contributed by atoms with E-state index in [4.69, 9.17) is 0 Å². The van der Waals surface area contributed by atoms with Crippen molar-refractivity contribution in [2.75, 3.05) is 7.11 Å². The molecule has 0 fully saturated rings. The highest BCUT2D eigenvalue weighted by molar-refractivity contribution is 7.84. The summed E-state index contributed by atoms with van der Waals surface area (Å²) < 4.78 is 33.9. The number of nitro benzene ring substituents is 1. The van der Waals surface area contributed by atoms with E-state index < -0.39 is 38.0 Å². The van der Waals surface area contributed by atoms with Crippen LogP contribution in [0.1, 0.15) is 46.1 Å². The Bertz CT molecular complexity index is 690. The van der Waals surface area contributed by atoms with E-state index in [9.17, 15) is 23.5 Å². The monoisotopic (exact) mass is 374 g/mol. The third-order valence-electron chi connectivity index (χ3n) is 3.80. The first-order valence-electron chi connectivity index (χ1n) is 7.67. The van der Waals surface area contributed by atoms with Gasteiger partial charge in [-0.2, -0.15) is 0 Å². The zero-order valence-electron chi connectivity index (χ0n) is 14.9. The summed E-state index contributed by atoms with van der Waals surface area (Å²) in [5.41, 5.74) is -1.81. The molecule has 2 unspecified atom stereocenters. The molecular weight excluding hydrogens is 351 g/mol. The molecule has 0 aliphatic carbocycles. The van der Waals surface area contributed by atoms with E-state index >= 15 is 0 Å². The van der Waals surface area contributed by atoms with Crippen LogP contribution < -0.4 is 4.72 Å². The van der Waals surface area contributed by atoms with Crippen molar-refractivity contribution in [2.24, 2.45) is 0 Å². The molecule has 0 amide bonds. The molecule has 0 aliphatic rings. The second-order valence-corrected chi connectivity index (χ2v) is 8.56. The van der Waals surface area contributed by atoms with Crippen LogP contribution in [0.15, 0.2) is 18.2 Å². The first-order chi connectivity index (χ1) is 11.5. The fraction of sp³-hybridized carbons (Fsp3) is 0.562. The largest absolute Gasteiger partial charge is 0.469 e. The molecule has 1 N–H and O–H groups in total. The van der Waals surface area contributed by atoms with E-state index in [-0.39, 0.29) is 24.1 Å². The number of carbonyl (C=O) groups excluding carboxylic acids is 1. The summed E-state index contributed by atoms with van der Waals surface area (Å²) in [6, 6.07) is 3.07. The number of nitrogens with zero attached hydrogens (tertiary/aromatic N) is 1. The van der Waals surface area contributed by atoms with Crippen molar-refractivity contribution in [1.29, 1.82) is 0 Å². The second-order valence-electron chi connectivity index (χ2n) is 6.59. The molecule has 0 saturated carbocycles. The minimum absolute atomic E-state index is 0.0906. The lowest BCUT2D eigenvalue weighted by Gasteiger charge is -2.35. The molecule has 1 rings (SSSR count). The van der Waals surface area contributed by atoms with Gasteiger partial charge in [-0.25, -0.2) is 13.3 Å².